The van der Waals surface area contributed by atoms with Crippen molar-refractivity contribution in [1.29, 1.82) is 0 Å². The molecule has 0 aliphatic rings. The molecule has 0 spiro atoms. The van der Waals surface area contributed by atoms with Crippen LogP contribution in [0.3, 0.4) is 0 Å². The Kier molecular flexibility index (Phi) is 3.09. The van der Waals surface area contributed by atoms with Gasteiger partial charge in [-0.25, -0.2) is 0 Å². The van der Waals surface area contributed by atoms with Crippen LogP contribution in [0.15, 0.2) is 48.7 Å². The van der Waals surface area contributed by atoms with Crippen molar-refractivity contribution in [3.8, 4) is 17.5 Å². The first-order valence-corrected chi connectivity index (χ1v) is 6.09. The van der Waals surface area contributed by atoms with Crippen LogP contribution in [-0.4, -0.2) is 17.1 Å². The Morgan fingerprint density at radius 3 is 2.85 bits per heavy atom. The molecular formula is C15H13N3O2. The molecule has 5 heteroatoms. The summed E-state index contributed by atoms with van der Waals surface area (Å²) in [5, 5.41) is 1.05. The lowest BCUT2D eigenvalue weighted by atomic mass is 10.2. The van der Waals surface area contributed by atoms with Gasteiger partial charge >= 0.3 is 0 Å². The van der Waals surface area contributed by atoms with Gasteiger partial charge < -0.3 is 15.2 Å². The van der Waals surface area contributed by atoms with Crippen molar-refractivity contribution < 1.29 is 9.47 Å². The predicted octanol–water partition coefficient (Wildman–Crippen LogP) is 3.01. The van der Waals surface area contributed by atoms with Gasteiger partial charge in [-0.2, -0.15) is 4.98 Å². The van der Waals surface area contributed by atoms with Crippen molar-refractivity contribution in [2.45, 2.75) is 0 Å². The summed E-state index contributed by atoms with van der Waals surface area (Å²) in [4.78, 5) is 8.46. The van der Waals surface area contributed by atoms with Crippen LogP contribution in [0.2, 0.25) is 0 Å². The van der Waals surface area contributed by atoms with Gasteiger partial charge in [0, 0.05) is 23.7 Å². The minimum Gasteiger partial charge on any atom is -0.481 e. The molecular weight excluding hydrogens is 254 g/mol. The molecule has 20 heavy (non-hydrogen) atoms. The monoisotopic (exact) mass is 267 g/mol. The molecule has 2 aromatic heterocycles. The molecule has 5 nitrogen and oxygen atoms in total. The van der Waals surface area contributed by atoms with Gasteiger partial charge in [0.15, 0.2) is 0 Å². The Morgan fingerprint density at radius 2 is 2.00 bits per heavy atom. The van der Waals surface area contributed by atoms with E-state index in [0.29, 0.717) is 23.2 Å². The second-order valence-corrected chi connectivity index (χ2v) is 4.21. The van der Waals surface area contributed by atoms with Crippen molar-refractivity contribution in [2.75, 3.05) is 12.8 Å². The van der Waals surface area contributed by atoms with Gasteiger partial charge in [0.1, 0.15) is 5.75 Å². The van der Waals surface area contributed by atoms with Gasteiger partial charge in [0.2, 0.25) is 11.8 Å². The van der Waals surface area contributed by atoms with E-state index in [2.05, 4.69) is 9.97 Å². The second kappa shape index (κ2) is 5.05. The highest BCUT2D eigenvalue weighted by atomic mass is 16.5. The number of pyridine rings is 2. The maximum Gasteiger partial charge on any atom is 0.246 e. The molecule has 0 amide bonds. The highest BCUT2D eigenvalue weighted by Crippen LogP contribution is 2.28. The number of hydrogen-bond acceptors (Lipinski definition) is 5. The molecule has 100 valence electrons. The first-order valence-electron chi connectivity index (χ1n) is 6.09. The zero-order valence-corrected chi connectivity index (χ0v) is 10.9. The van der Waals surface area contributed by atoms with E-state index in [1.807, 2.05) is 30.3 Å². The molecule has 2 heterocycles. The SMILES string of the molecule is COc1ccc(N)c(Oc2ccc3cccnc3c2)n1. The van der Waals surface area contributed by atoms with Crippen LogP contribution in [0.4, 0.5) is 5.69 Å². The molecule has 0 saturated heterocycles. The van der Waals surface area contributed by atoms with Crippen LogP contribution in [0.5, 0.6) is 17.5 Å². The number of nitrogens with zero attached hydrogens (tertiary/aromatic N) is 2. The lowest BCUT2D eigenvalue weighted by Crippen LogP contribution is -1.97. The third-order valence-corrected chi connectivity index (χ3v) is 2.87. The Labute approximate surface area is 116 Å². The van der Waals surface area contributed by atoms with E-state index in [1.54, 1.807) is 25.4 Å². The Bertz CT molecular complexity index is 759. The number of hydrogen-bond donors (Lipinski definition) is 1. The number of nitrogen functional groups attached to an aromatic ring is 1. The number of methoxy groups -OCH3 is 1. The molecule has 1 aromatic carbocycles. The zero-order chi connectivity index (χ0) is 13.9. The number of benzene rings is 1. The molecule has 0 radical (unpaired) electrons. The summed E-state index contributed by atoms with van der Waals surface area (Å²) in [5.41, 5.74) is 7.15. The fourth-order valence-electron chi connectivity index (χ4n) is 1.85. The number of nitrogens with two attached hydrogens (primary N) is 1. The van der Waals surface area contributed by atoms with E-state index in [1.165, 1.54) is 0 Å². The van der Waals surface area contributed by atoms with E-state index >= 15 is 0 Å². The topological polar surface area (TPSA) is 70.3 Å². The minimum atomic E-state index is 0.319. The van der Waals surface area contributed by atoms with Gasteiger partial charge in [-0.05, 0) is 24.3 Å². The lowest BCUT2D eigenvalue weighted by molar-refractivity contribution is 0.384. The molecule has 3 rings (SSSR count). The van der Waals surface area contributed by atoms with Crippen molar-refractivity contribution in [2.24, 2.45) is 0 Å². The normalized spacial score (nSPS) is 10.4. The molecule has 0 saturated carbocycles. The molecule has 0 unspecified atom stereocenters. The van der Waals surface area contributed by atoms with Crippen LogP contribution in [0, 0.1) is 0 Å². The average molecular weight is 267 g/mol. The van der Waals surface area contributed by atoms with Gasteiger partial charge in [-0.3, -0.25) is 4.98 Å². The predicted molar refractivity (Wildman–Crippen MR) is 77.0 cm³/mol. The average Bonchev–Trinajstić information content (AvgIpc) is 2.49. The number of anilines is 1. The first kappa shape index (κ1) is 12.2. The third kappa shape index (κ3) is 2.33. The lowest BCUT2D eigenvalue weighted by Gasteiger charge is -2.09. The van der Waals surface area contributed by atoms with E-state index in [-0.39, 0.29) is 0 Å². The standard InChI is InChI=1S/C15H13N3O2/c1-19-14-7-6-12(16)15(18-14)20-11-5-4-10-3-2-8-17-13(10)9-11/h2-9H,16H2,1H3. The summed E-state index contributed by atoms with van der Waals surface area (Å²) in [7, 11) is 1.54. The summed E-state index contributed by atoms with van der Waals surface area (Å²) in [6.07, 6.45) is 1.74. The Morgan fingerprint density at radius 1 is 1.10 bits per heavy atom. The van der Waals surface area contributed by atoms with E-state index in [9.17, 15) is 0 Å². The molecule has 0 aliphatic carbocycles. The molecule has 0 fully saturated rings. The van der Waals surface area contributed by atoms with Crippen molar-refractivity contribution in [3.05, 3.63) is 48.7 Å². The first-order chi connectivity index (χ1) is 9.76. The second-order valence-electron chi connectivity index (χ2n) is 4.21. The number of fused-ring (bicyclic) bond motifs is 1. The molecule has 2 N–H and O–H groups in total. The summed E-state index contributed by atoms with van der Waals surface area (Å²) in [6.45, 7) is 0. The molecule has 0 atom stereocenters. The van der Waals surface area contributed by atoms with Crippen molar-refractivity contribution >= 4 is 16.6 Å². The van der Waals surface area contributed by atoms with Crippen molar-refractivity contribution in [1.82, 2.24) is 9.97 Å². The summed E-state index contributed by atoms with van der Waals surface area (Å²) in [5.74, 6) is 1.40. The Balaban J connectivity index is 1.96. The maximum atomic E-state index is 5.85. The van der Waals surface area contributed by atoms with Gasteiger partial charge in [0.05, 0.1) is 18.3 Å². The largest absolute Gasteiger partial charge is 0.481 e. The minimum absolute atomic E-state index is 0.319. The Hall–Kier alpha value is -2.82. The van der Waals surface area contributed by atoms with Crippen LogP contribution >= 0.6 is 0 Å². The van der Waals surface area contributed by atoms with Gasteiger partial charge in [0.25, 0.3) is 0 Å². The van der Waals surface area contributed by atoms with E-state index in [4.69, 9.17) is 15.2 Å². The maximum absolute atomic E-state index is 5.85. The van der Waals surface area contributed by atoms with Crippen molar-refractivity contribution in [3.63, 3.8) is 0 Å². The smallest absolute Gasteiger partial charge is 0.246 e. The van der Waals surface area contributed by atoms with E-state index in [0.717, 1.165) is 10.9 Å². The van der Waals surface area contributed by atoms with Crippen LogP contribution < -0.4 is 15.2 Å². The molecule has 0 bridgehead atoms. The summed E-state index contributed by atoms with van der Waals surface area (Å²) >= 11 is 0. The number of rotatable bonds is 3. The highest BCUT2D eigenvalue weighted by molar-refractivity contribution is 5.79. The number of ether oxygens (including phenoxy) is 2. The molecule has 3 aromatic rings. The van der Waals surface area contributed by atoms with E-state index < -0.39 is 0 Å². The van der Waals surface area contributed by atoms with Gasteiger partial charge in [-0.1, -0.05) is 6.07 Å². The third-order valence-electron chi connectivity index (χ3n) is 2.87. The van der Waals surface area contributed by atoms with Gasteiger partial charge in [-0.15, -0.1) is 0 Å². The molecule has 0 aliphatic heterocycles. The van der Waals surface area contributed by atoms with Crippen LogP contribution in [0.1, 0.15) is 0 Å². The fraction of sp³-hybridized carbons (Fsp3) is 0.0667. The van der Waals surface area contributed by atoms with Crippen LogP contribution in [-0.2, 0) is 0 Å². The zero-order valence-electron chi connectivity index (χ0n) is 10.9. The highest BCUT2D eigenvalue weighted by Gasteiger charge is 2.07. The quantitative estimate of drug-likeness (QED) is 0.789. The fourth-order valence-corrected chi connectivity index (χ4v) is 1.85. The summed E-state index contributed by atoms with van der Waals surface area (Å²) < 4.78 is 10.8. The summed E-state index contributed by atoms with van der Waals surface area (Å²) in [6, 6.07) is 12.9. The number of aromatic nitrogens is 2. The van der Waals surface area contributed by atoms with Crippen LogP contribution in [0.25, 0.3) is 10.9 Å².